The molecule has 0 bridgehead atoms. The van der Waals surface area contributed by atoms with Crippen molar-refractivity contribution in [3.63, 3.8) is 0 Å². The van der Waals surface area contributed by atoms with Crippen LogP contribution in [0, 0.1) is 18.6 Å². The zero-order valence-corrected chi connectivity index (χ0v) is 10.3. The second kappa shape index (κ2) is 5.39. The van der Waals surface area contributed by atoms with E-state index in [4.69, 9.17) is 0 Å². The Kier molecular flexibility index (Phi) is 4.42. The third-order valence-electron chi connectivity index (χ3n) is 3.05. The Morgan fingerprint density at radius 1 is 1.25 bits per heavy atom. The molecule has 3 heteroatoms. The average molecular weight is 227 g/mol. The topological polar surface area (TPSA) is 12.0 Å². The maximum atomic E-state index is 13.8. The van der Waals surface area contributed by atoms with E-state index < -0.39 is 11.6 Å². The predicted octanol–water partition coefficient (Wildman–Crippen LogP) is 3.37. The monoisotopic (exact) mass is 227 g/mol. The highest BCUT2D eigenvalue weighted by atomic mass is 19.1. The summed E-state index contributed by atoms with van der Waals surface area (Å²) >= 11 is 0. The van der Waals surface area contributed by atoms with Gasteiger partial charge in [-0.25, -0.2) is 8.78 Å². The summed E-state index contributed by atoms with van der Waals surface area (Å²) in [6, 6.07) is 2.86. The number of aryl methyl sites for hydroxylation is 1. The predicted molar refractivity (Wildman–Crippen MR) is 62.6 cm³/mol. The normalized spacial score (nSPS) is 14.9. The van der Waals surface area contributed by atoms with E-state index in [0.717, 1.165) is 6.54 Å². The number of benzene rings is 1. The first-order valence-corrected chi connectivity index (χ1v) is 5.66. The molecule has 2 atom stereocenters. The van der Waals surface area contributed by atoms with Gasteiger partial charge in [-0.3, -0.25) is 0 Å². The molecule has 0 heterocycles. The summed E-state index contributed by atoms with van der Waals surface area (Å²) in [5, 5.41) is 3.18. The van der Waals surface area contributed by atoms with Gasteiger partial charge in [0.05, 0.1) is 0 Å². The van der Waals surface area contributed by atoms with Crippen LogP contribution >= 0.6 is 0 Å². The highest BCUT2D eigenvalue weighted by Gasteiger charge is 2.21. The zero-order valence-electron chi connectivity index (χ0n) is 10.3. The average Bonchev–Trinajstić information content (AvgIpc) is 2.24. The molecule has 0 aliphatic heterocycles. The summed E-state index contributed by atoms with van der Waals surface area (Å²) in [7, 11) is 0. The molecule has 0 saturated heterocycles. The van der Waals surface area contributed by atoms with Crippen LogP contribution in [0.5, 0.6) is 0 Å². The van der Waals surface area contributed by atoms with Gasteiger partial charge in [0.25, 0.3) is 0 Å². The minimum absolute atomic E-state index is 0.0517. The molecule has 90 valence electrons. The quantitative estimate of drug-likeness (QED) is 0.831. The Morgan fingerprint density at radius 2 is 1.88 bits per heavy atom. The lowest BCUT2D eigenvalue weighted by molar-refractivity contribution is 0.451. The number of likely N-dealkylation sites (N-methyl/N-ethyl adjacent to an activating group) is 1. The van der Waals surface area contributed by atoms with E-state index in [0.29, 0.717) is 5.56 Å². The molecule has 1 aromatic rings. The summed E-state index contributed by atoms with van der Waals surface area (Å²) in [6.07, 6.45) is 0. The standard InChI is InChI=1S/C13H19F2N/c1-5-16-10(4)9(3)12-11(14)7-6-8(2)13(12)15/h6-7,9-10,16H,5H2,1-4H3. The van der Waals surface area contributed by atoms with Gasteiger partial charge in [0.15, 0.2) is 0 Å². The number of hydrogen-bond acceptors (Lipinski definition) is 1. The summed E-state index contributed by atoms with van der Waals surface area (Å²) < 4.78 is 27.5. The fourth-order valence-electron chi connectivity index (χ4n) is 1.84. The van der Waals surface area contributed by atoms with E-state index in [2.05, 4.69) is 5.32 Å². The maximum Gasteiger partial charge on any atom is 0.132 e. The van der Waals surface area contributed by atoms with Gasteiger partial charge in [0.2, 0.25) is 0 Å². The molecule has 0 amide bonds. The minimum Gasteiger partial charge on any atom is -0.314 e. The Hall–Kier alpha value is -0.960. The number of hydrogen-bond donors (Lipinski definition) is 1. The maximum absolute atomic E-state index is 13.8. The Morgan fingerprint density at radius 3 is 2.44 bits per heavy atom. The van der Waals surface area contributed by atoms with E-state index in [-0.39, 0.29) is 17.5 Å². The van der Waals surface area contributed by atoms with E-state index in [1.807, 2.05) is 20.8 Å². The molecule has 0 aliphatic carbocycles. The van der Waals surface area contributed by atoms with Crippen molar-refractivity contribution in [2.45, 2.75) is 39.7 Å². The van der Waals surface area contributed by atoms with Crippen LogP contribution in [0.15, 0.2) is 12.1 Å². The van der Waals surface area contributed by atoms with Gasteiger partial charge in [-0.2, -0.15) is 0 Å². The van der Waals surface area contributed by atoms with Crippen LogP contribution in [0.4, 0.5) is 8.78 Å². The molecule has 0 fully saturated rings. The molecule has 16 heavy (non-hydrogen) atoms. The molecule has 0 radical (unpaired) electrons. The van der Waals surface area contributed by atoms with Crippen molar-refractivity contribution in [3.05, 3.63) is 34.9 Å². The van der Waals surface area contributed by atoms with Crippen molar-refractivity contribution in [1.29, 1.82) is 0 Å². The minimum atomic E-state index is -0.458. The molecule has 1 nitrogen and oxygen atoms in total. The molecular formula is C13H19F2N. The molecular weight excluding hydrogens is 208 g/mol. The first-order chi connectivity index (χ1) is 7.49. The smallest absolute Gasteiger partial charge is 0.132 e. The second-order valence-corrected chi connectivity index (χ2v) is 4.23. The van der Waals surface area contributed by atoms with Gasteiger partial charge < -0.3 is 5.32 Å². The van der Waals surface area contributed by atoms with Crippen molar-refractivity contribution in [2.75, 3.05) is 6.54 Å². The van der Waals surface area contributed by atoms with Crippen LogP contribution in [0.3, 0.4) is 0 Å². The summed E-state index contributed by atoms with van der Waals surface area (Å²) in [4.78, 5) is 0. The van der Waals surface area contributed by atoms with Gasteiger partial charge in [0.1, 0.15) is 11.6 Å². The first-order valence-electron chi connectivity index (χ1n) is 5.66. The van der Waals surface area contributed by atoms with Crippen LogP contribution in [0.25, 0.3) is 0 Å². The SMILES string of the molecule is CCNC(C)C(C)c1c(F)ccc(C)c1F. The van der Waals surface area contributed by atoms with E-state index in [1.54, 1.807) is 6.92 Å². The zero-order chi connectivity index (χ0) is 12.3. The lowest BCUT2D eigenvalue weighted by atomic mass is 9.92. The summed E-state index contributed by atoms with van der Waals surface area (Å²) in [6.45, 7) is 8.21. The summed E-state index contributed by atoms with van der Waals surface area (Å²) in [5.41, 5.74) is 0.681. The molecule has 0 saturated carbocycles. The van der Waals surface area contributed by atoms with Gasteiger partial charge >= 0.3 is 0 Å². The molecule has 1 rings (SSSR count). The van der Waals surface area contributed by atoms with Gasteiger partial charge in [-0.05, 0) is 32.0 Å². The fraction of sp³-hybridized carbons (Fsp3) is 0.538. The lowest BCUT2D eigenvalue weighted by Gasteiger charge is -2.22. The molecule has 0 aromatic heterocycles. The lowest BCUT2D eigenvalue weighted by Crippen LogP contribution is -2.31. The largest absolute Gasteiger partial charge is 0.314 e. The number of rotatable bonds is 4. The Labute approximate surface area is 95.9 Å². The molecule has 0 aliphatic rings. The fourth-order valence-corrected chi connectivity index (χ4v) is 1.84. The van der Waals surface area contributed by atoms with Crippen LogP contribution in [0.2, 0.25) is 0 Å². The Balaban J connectivity index is 3.07. The highest BCUT2D eigenvalue weighted by Crippen LogP contribution is 2.26. The highest BCUT2D eigenvalue weighted by molar-refractivity contribution is 5.30. The molecule has 1 N–H and O–H groups in total. The van der Waals surface area contributed by atoms with E-state index in [9.17, 15) is 8.78 Å². The summed E-state index contributed by atoms with van der Waals surface area (Å²) in [5.74, 6) is -1.06. The van der Waals surface area contributed by atoms with Crippen molar-refractivity contribution in [3.8, 4) is 0 Å². The van der Waals surface area contributed by atoms with Crippen molar-refractivity contribution in [1.82, 2.24) is 5.32 Å². The van der Waals surface area contributed by atoms with E-state index >= 15 is 0 Å². The van der Waals surface area contributed by atoms with E-state index in [1.165, 1.54) is 12.1 Å². The molecule has 0 spiro atoms. The first kappa shape index (κ1) is 13.1. The van der Waals surface area contributed by atoms with Gasteiger partial charge in [0, 0.05) is 17.5 Å². The third kappa shape index (κ3) is 2.59. The Bertz CT molecular complexity index is 363. The van der Waals surface area contributed by atoms with Gasteiger partial charge in [-0.15, -0.1) is 0 Å². The van der Waals surface area contributed by atoms with Gasteiger partial charge in [-0.1, -0.05) is 19.9 Å². The van der Waals surface area contributed by atoms with Crippen LogP contribution in [-0.2, 0) is 0 Å². The van der Waals surface area contributed by atoms with Crippen molar-refractivity contribution >= 4 is 0 Å². The van der Waals surface area contributed by atoms with Crippen molar-refractivity contribution in [2.24, 2.45) is 0 Å². The molecule has 2 unspecified atom stereocenters. The number of halogens is 2. The third-order valence-corrected chi connectivity index (χ3v) is 3.05. The van der Waals surface area contributed by atoms with Crippen molar-refractivity contribution < 1.29 is 8.78 Å². The molecule has 1 aromatic carbocycles. The number of nitrogens with one attached hydrogen (secondary N) is 1. The van der Waals surface area contributed by atoms with Crippen LogP contribution in [0.1, 0.15) is 37.8 Å². The van der Waals surface area contributed by atoms with Crippen LogP contribution in [-0.4, -0.2) is 12.6 Å². The van der Waals surface area contributed by atoms with Crippen LogP contribution < -0.4 is 5.32 Å². The second-order valence-electron chi connectivity index (χ2n) is 4.23.